The lowest BCUT2D eigenvalue weighted by atomic mass is 9.84. The molecule has 1 fully saturated rings. The maximum absolute atomic E-state index is 12.9. The third kappa shape index (κ3) is 2.56. The molecular weight excluding hydrogens is 354 g/mol. The number of nitrogens with zero attached hydrogens (tertiary/aromatic N) is 6. The maximum atomic E-state index is 12.9. The summed E-state index contributed by atoms with van der Waals surface area (Å²) in [6, 6.07) is 6.24. The van der Waals surface area contributed by atoms with Gasteiger partial charge in [0, 0.05) is 36.9 Å². The molecule has 0 bridgehead atoms. The summed E-state index contributed by atoms with van der Waals surface area (Å²) in [4.78, 5) is 28.1. The van der Waals surface area contributed by atoms with Gasteiger partial charge in [0.1, 0.15) is 5.82 Å². The average molecular weight is 375 g/mol. The molecule has 0 radical (unpaired) electrons. The van der Waals surface area contributed by atoms with Crippen molar-refractivity contribution in [1.82, 2.24) is 24.7 Å². The molecule has 0 spiro atoms. The summed E-state index contributed by atoms with van der Waals surface area (Å²) in [5, 5.41) is 7.65. The molecule has 3 aromatic heterocycles. The van der Waals surface area contributed by atoms with E-state index in [1.54, 1.807) is 29.5 Å². The van der Waals surface area contributed by atoms with E-state index in [-0.39, 0.29) is 18.0 Å². The highest BCUT2D eigenvalue weighted by Gasteiger charge is 2.51. The van der Waals surface area contributed by atoms with Gasteiger partial charge in [-0.25, -0.2) is 14.6 Å². The molecule has 1 amide bonds. The zero-order valence-corrected chi connectivity index (χ0v) is 15.8. The van der Waals surface area contributed by atoms with Gasteiger partial charge < -0.3 is 5.32 Å². The number of carbonyl (C=O) groups is 1. The Morgan fingerprint density at radius 1 is 1.11 bits per heavy atom. The fourth-order valence-corrected chi connectivity index (χ4v) is 3.94. The first kappa shape index (κ1) is 16.9. The number of anilines is 2. The van der Waals surface area contributed by atoms with E-state index in [4.69, 9.17) is 0 Å². The lowest BCUT2D eigenvalue weighted by Crippen LogP contribution is -2.53. The van der Waals surface area contributed by atoms with Gasteiger partial charge in [0.25, 0.3) is 0 Å². The molecule has 1 aliphatic carbocycles. The largest absolute Gasteiger partial charge is 0.367 e. The van der Waals surface area contributed by atoms with Crippen molar-refractivity contribution in [1.29, 1.82) is 0 Å². The minimum absolute atomic E-state index is 0.0823. The highest BCUT2D eigenvalue weighted by atomic mass is 16.2. The Morgan fingerprint density at radius 3 is 2.64 bits per heavy atom. The second kappa shape index (κ2) is 6.12. The molecule has 0 aromatic carbocycles. The van der Waals surface area contributed by atoms with E-state index in [9.17, 15) is 4.79 Å². The highest BCUT2D eigenvalue weighted by Crippen LogP contribution is 2.43. The Bertz CT molecular complexity index is 1010. The van der Waals surface area contributed by atoms with Gasteiger partial charge in [-0.3, -0.25) is 14.7 Å². The van der Waals surface area contributed by atoms with Crippen LogP contribution in [-0.4, -0.2) is 42.7 Å². The molecule has 1 saturated carbocycles. The van der Waals surface area contributed by atoms with E-state index in [0.717, 1.165) is 30.0 Å². The predicted molar refractivity (Wildman–Crippen MR) is 104 cm³/mol. The van der Waals surface area contributed by atoms with E-state index < -0.39 is 5.41 Å². The number of hydrogen-bond donors (Lipinski definition) is 1. The molecule has 0 atom stereocenters. The Labute approximate surface area is 162 Å². The van der Waals surface area contributed by atoms with Crippen LogP contribution >= 0.6 is 0 Å². The highest BCUT2D eigenvalue weighted by molar-refractivity contribution is 6.06. The number of pyridine rings is 1. The summed E-state index contributed by atoms with van der Waals surface area (Å²) in [5.41, 5.74) is 1.07. The van der Waals surface area contributed by atoms with Crippen molar-refractivity contribution in [3.8, 4) is 5.69 Å². The topological polar surface area (TPSA) is 88.8 Å². The van der Waals surface area contributed by atoms with Gasteiger partial charge in [-0.15, -0.1) is 0 Å². The summed E-state index contributed by atoms with van der Waals surface area (Å²) in [6.45, 7) is 3.84. The van der Waals surface area contributed by atoms with Crippen LogP contribution in [0.1, 0.15) is 32.4 Å². The van der Waals surface area contributed by atoms with Crippen molar-refractivity contribution < 1.29 is 4.79 Å². The molecule has 28 heavy (non-hydrogen) atoms. The minimum Gasteiger partial charge on any atom is -0.367 e. The first-order chi connectivity index (χ1) is 13.5. The van der Waals surface area contributed by atoms with Crippen molar-refractivity contribution in [2.45, 2.75) is 44.2 Å². The average Bonchev–Trinajstić information content (AvgIpc) is 3.27. The molecule has 1 N–H and O–H groups in total. The first-order valence-electron chi connectivity index (χ1n) is 9.42. The third-order valence-electron chi connectivity index (χ3n) is 5.60. The van der Waals surface area contributed by atoms with Crippen molar-refractivity contribution in [3.05, 3.63) is 54.9 Å². The van der Waals surface area contributed by atoms with Crippen LogP contribution in [0.5, 0.6) is 0 Å². The van der Waals surface area contributed by atoms with Gasteiger partial charge in [0.05, 0.1) is 23.0 Å². The smallest absolute Gasteiger partial charge is 0.240 e. The number of nitrogens with one attached hydrogen (secondary N) is 1. The molecule has 0 unspecified atom stereocenters. The Morgan fingerprint density at radius 2 is 1.93 bits per heavy atom. The summed E-state index contributed by atoms with van der Waals surface area (Å²) in [7, 11) is 0. The van der Waals surface area contributed by atoms with E-state index in [0.29, 0.717) is 5.82 Å². The molecule has 8 nitrogen and oxygen atoms in total. The quantitative estimate of drug-likeness (QED) is 0.753. The van der Waals surface area contributed by atoms with Gasteiger partial charge in [-0.1, -0.05) is 0 Å². The van der Waals surface area contributed by atoms with Crippen molar-refractivity contribution in [3.63, 3.8) is 0 Å². The Hall–Kier alpha value is -3.29. The van der Waals surface area contributed by atoms with E-state index in [2.05, 4.69) is 25.4 Å². The molecule has 1 aliphatic heterocycles. The van der Waals surface area contributed by atoms with Gasteiger partial charge in [-0.2, -0.15) is 5.10 Å². The van der Waals surface area contributed by atoms with Gasteiger partial charge in [-0.05, 0) is 44.9 Å². The lowest BCUT2D eigenvalue weighted by Gasteiger charge is -2.41. The zero-order valence-electron chi connectivity index (χ0n) is 15.8. The summed E-state index contributed by atoms with van der Waals surface area (Å²) >= 11 is 0. The van der Waals surface area contributed by atoms with Gasteiger partial charge >= 0.3 is 0 Å². The molecule has 3 aromatic rings. The number of aromatic nitrogens is 5. The van der Waals surface area contributed by atoms with Crippen LogP contribution in [0, 0.1) is 0 Å². The summed E-state index contributed by atoms with van der Waals surface area (Å²) < 4.78 is 1.77. The monoisotopic (exact) mass is 375 g/mol. The van der Waals surface area contributed by atoms with Crippen LogP contribution in [0.3, 0.4) is 0 Å². The van der Waals surface area contributed by atoms with Crippen molar-refractivity contribution >= 4 is 17.5 Å². The fourth-order valence-electron chi connectivity index (χ4n) is 3.94. The maximum Gasteiger partial charge on any atom is 0.240 e. The predicted octanol–water partition coefficient (Wildman–Crippen LogP) is 2.32. The lowest BCUT2D eigenvalue weighted by molar-refractivity contribution is -0.123. The SMILES string of the molecule is CC1(C)C(=O)N([C@H]2C[C@H](Nc3ccc(-n4cccn4)cn3)C2)c2nccnc21. The first-order valence-corrected chi connectivity index (χ1v) is 9.42. The van der Waals surface area contributed by atoms with Crippen LogP contribution in [-0.2, 0) is 10.2 Å². The second-order valence-corrected chi connectivity index (χ2v) is 7.85. The van der Waals surface area contributed by atoms with E-state index in [1.165, 1.54) is 0 Å². The van der Waals surface area contributed by atoms with Crippen LogP contribution in [0.4, 0.5) is 11.6 Å². The summed E-state index contributed by atoms with van der Waals surface area (Å²) in [5.74, 6) is 1.62. The van der Waals surface area contributed by atoms with Crippen LogP contribution in [0.15, 0.2) is 49.2 Å². The van der Waals surface area contributed by atoms with E-state index >= 15 is 0 Å². The van der Waals surface area contributed by atoms with E-state index in [1.807, 2.05) is 43.1 Å². The molecule has 0 saturated heterocycles. The number of hydrogen-bond acceptors (Lipinski definition) is 6. The Balaban J connectivity index is 1.25. The summed E-state index contributed by atoms with van der Waals surface area (Å²) in [6.07, 6.45) is 10.5. The van der Waals surface area contributed by atoms with Crippen molar-refractivity contribution in [2.75, 3.05) is 10.2 Å². The molecule has 5 rings (SSSR count). The molecule has 8 heteroatoms. The fraction of sp³-hybridized carbons (Fsp3) is 0.350. The Kier molecular flexibility index (Phi) is 3.68. The standard InChI is InChI=1S/C20H21N7O/c1-20(2)17-18(22-8-7-21-17)27(19(20)28)15-10-13(11-15)25-16-5-4-14(12-23-16)26-9-3-6-24-26/h3-9,12-13,15H,10-11H2,1-2H3,(H,23,25)/t13-,15-. The third-order valence-corrected chi connectivity index (χ3v) is 5.60. The second-order valence-electron chi connectivity index (χ2n) is 7.85. The van der Waals surface area contributed by atoms with Crippen LogP contribution in [0.2, 0.25) is 0 Å². The van der Waals surface area contributed by atoms with Crippen LogP contribution in [0.25, 0.3) is 5.69 Å². The molecule has 4 heterocycles. The molecule has 142 valence electrons. The number of amides is 1. The number of fused-ring (bicyclic) bond motifs is 1. The van der Waals surface area contributed by atoms with Gasteiger partial charge in [0.2, 0.25) is 5.91 Å². The molecular formula is C20H21N7O. The normalized spacial score (nSPS) is 22.6. The number of carbonyl (C=O) groups excluding carboxylic acids is 1. The van der Waals surface area contributed by atoms with Crippen LogP contribution < -0.4 is 10.2 Å². The van der Waals surface area contributed by atoms with Crippen molar-refractivity contribution in [2.24, 2.45) is 0 Å². The number of rotatable bonds is 4. The minimum atomic E-state index is -0.619. The van der Waals surface area contributed by atoms with Gasteiger partial charge in [0.15, 0.2) is 5.82 Å². The zero-order chi connectivity index (χ0) is 19.3. The molecule has 2 aliphatic rings.